The average molecular weight is 359 g/mol. The van der Waals surface area contributed by atoms with E-state index in [-0.39, 0.29) is 27.6 Å². The zero-order valence-electron chi connectivity index (χ0n) is 13.0. The molecule has 8 nitrogen and oxygen atoms in total. The van der Waals surface area contributed by atoms with Crippen molar-refractivity contribution in [2.75, 3.05) is 10.0 Å². The molecular formula is C16H13N3O5S. The SMILES string of the molecule is CC(=O)Nc1ccc(S(=O)(=O)Nc2ccc3c(c2)C(=O)NC3=O)cc1. The first-order valence-corrected chi connectivity index (χ1v) is 8.65. The van der Waals surface area contributed by atoms with Crippen molar-refractivity contribution < 1.29 is 22.8 Å². The van der Waals surface area contributed by atoms with Gasteiger partial charge in [-0.3, -0.25) is 24.4 Å². The number of amides is 3. The van der Waals surface area contributed by atoms with E-state index in [0.29, 0.717) is 5.69 Å². The fraction of sp³-hybridized carbons (Fsp3) is 0.0625. The normalized spacial score (nSPS) is 13.2. The van der Waals surface area contributed by atoms with E-state index >= 15 is 0 Å². The maximum atomic E-state index is 12.4. The molecule has 3 N–H and O–H groups in total. The molecule has 1 heterocycles. The number of carbonyl (C=O) groups is 3. The lowest BCUT2D eigenvalue weighted by atomic mass is 10.1. The fourth-order valence-electron chi connectivity index (χ4n) is 2.37. The Labute approximate surface area is 143 Å². The van der Waals surface area contributed by atoms with Gasteiger partial charge in [0, 0.05) is 18.3 Å². The Morgan fingerprint density at radius 3 is 2.16 bits per heavy atom. The number of imide groups is 1. The third kappa shape index (κ3) is 3.36. The summed E-state index contributed by atoms with van der Waals surface area (Å²) < 4.78 is 27.2. The number of benzene rings is 2. The van der Waals surface area contributed by atoms with Crippen LogP contribution in [0.4, 0.5) is 11.4 Å². The zero-order valence-corrected chi connectivity index (χ0v) is 13.8. The van der Waals surface area contributed by atoms with Crippen LogP contribution < -0.4 is 15.4 Å². The molecule has 3 rings (SSSR count). The first kappa shape index (κ1) is 16.7. The van der Waals surface area contributed by atoms with Crippen molar-refractivity contribution in [2.45, 2.75) is 11.8 Å². The van der Waals surface area contributed by atoms with Crippen LogP contribution in [0.1, 0.15) is 27.6 Å². The van der Waals surface area contributed by atoms with E-state index in [4.69, 9.17) is 0 Å². The number of anilines is 2. The summed E-state index contributed by atoms with van der Waals surface area (Å²) in [6, 6.07) is 9.70. The van der Waals surface area contributed by atoms with Crippen molar-refractivity contribution in [3.63, 3.8) is 0 Å². The predicted octanol–water partition coefficient (Wildman–Crippen LogP) is 1.33. The van der Waals surface area contributed by atoms with E-state index in [2.05, 4.69) is 15.4 Å². The van der Waals surface area contributed by atoms with Crippen molar-refractivity contribution in [1.82, 2.24) is 5.32 Å². The summed E-state index contributed by atoms with van der Waals surface area (Å²) in [7, 11) is -3.89. The van der Waals surface area contributed by atoms with E-state index in [1.54, 1.807) is 0 Å². The van der Waals surface area contributed by atoms with Crippen LogP contribution >= 0.6 is 0 Å². The molecule has 2 aromatic rings. The van der Waals surface area contributed by atoms with E-state index in [1.807, 2.05) is 0 Å². The van der Waals surface area contributed by atoms with Gasteiger partial charge in [0.05, 0.1) is 16.0 Å². The number of fused-ring (bicyclic) bond motifs is 1. The van der Waals surface area contributed by atoms with Gasteiger partial charge >= 0.3 is 0 Å². The van der Waals surface area contributed by atoms with Crippen LogP contribution in [0, 0.1) is 0 Å². The molecule has 0 fully saturated rings. The van der Waals surface area contributed by atoms with Crippen molar-refractivity contribution in [3.8, 4) is 0 Å². The number of rotatable bonds is 4. The standard InChI is InChI=1S/C16H13N3O5S/c1-9(20)17-10-2-5-12(6-3-10)25(23,24)19-11-4-7-13-14(8-11)16(22)18-15(13)21/h2-8,19H,1H3,(H,17,20)(H,18,21,22). The van der Waals surface area contributed by atoms with Crippen LogP contribution in [0.3, 0.4) is 0 Å². The van der Waals surface area contributed by atoms with E-state index in [0.717, 1.165) is 0 Å². The highest BCUT2D eigenvalue weighted by Crippen LogP contribution is 2.23. The van der Waals surface area contributed by atoms with Gasteiger partial charge in [-0.25, -0.2) is 8.42 Å². The molecule has 0 saturated heterocycles. The molecule has 0 bridgehead atoms. The molecule has 0 atom stereocenters. The van der Waals surface area contributed by atoms with E-state index in [9.17, 15) is 22.8 Å². The highest BCUT2D eigenvalue weighted by Gasteiger charge is 2.27. The van der Waals surface area contributed by atoms with E-state index in [1.165, 1.54) is 49.4 Å². The van der Waals surface area contributed by atoms with Crippen LogP contribution in [-0.4, -0.2) is 26.1 Å². The molecule has 0 aliphatic carbocycles. The Morgan fingerprint density at radius 1 is 0.920 bits per heavy atom. The summed E-state index contributed by atoms with van der Waals surface area (Å²) >= 11 is 0. The summed E-state index contributed by atoms with van der Waals surface area (Å²) in [6.45, 7) is 1.35. The van der Waals surface area contributed by atoms with Gasteiger partial charge in [-0.15, -0.1) is 0 Å². The Hall–Kier alpha value is -3.20. The maximum Gasteiger partial charge on any atom is 0.261 e. The van der Waals surface area contributed by atoms with Gasteiger partial charge in [0.15, 0.2) is 0 Å². The predicted molar refractivity (Wildman–Crippen MR) is 89.8 cm³/mol. The van der Waals surface area contributed by atoms with Gasteiger partial charge in [0.2, 0.25) is 5.91 Å². The summed E-state index contributed by atoms with van der Waals surface area (Å²) in [6.07, 6.45) is 0. The van der Waals surface area contributed by atoms with Gasteiger partial charge in [-0.1, -0.05) is 0 Å². The van der Waals surface area contributed by atoms with E-state index < -0.39 is 21.8 Å². The quantitative estimate of drug-likeness (QED) is 0.711. The average Bonchev–Trinajstić information content (AvgIpc) is 2.81. The Bertz CT molecular complexity index is 997. The van der Waals surface area contributed by atoms with Gasteiger partial charge < -0.3 is 5.32 Å². The van der Waals surface area contributed by atoms with Gasteiger partial charge in [-0.05, 0) is 42.5 Å². The maximum absolute atomic E-state index is 12.4. The second kappa shape index (κ2) is 6.02. The third-order valence-electron chi connectivity index (χ3n) is 3.47. The molecule has 3 amide bonds. The second-order valence-corrected chi connectivity index (χ2v) is 7.04. The third-order valence-corrected chi connectivity index (χ3v) is 4.87. The molecule has 0 aromatic heterocycles. The minimum absolute atomic E-state index is 0.0115. The lowest BCUT2D eigenvalue weighted by Gasteiger charge is -2.09. The Balaban J connectivity index is 1.85. The van der Waals surface area contributed by atoms with Gasteiger partial charge in [-0.2, -0.15) is 0 Å². The highest BCUT2D eigenvalue weighted by atomic mass is 32.2. The minimum Gasteiger partial charge on any atom is -0.326 e. The molecular weight excluding hydrogens is 346 g/mol. The number of hydrogen-bond acceptors (Lipinski definition) is 5. The Morgan fingerprint density at radius 2 is 1.52 bits per heavy atom. The van der Waals surface area contributed by atoms with Crippen molar-refractivity contribution >= 4 is 39.1 Å². The molecule has 0 radical (unpaired) electrons. The molecule has 0 unspecified atom stereocenters. The second-order valence-electron chi connectivity index (χ2n) is 5.35. The first-order valence-electron chi connectivity index (χ1n) is 7.16. The van der Waals surface area contributed by atoms with Crippen LogP contribution in [-0.2, 0) is 14.8 Å². The molecule has 1 aliphatic rings. The van der Waals surface area contributed by atoms with Crippen molar-refractivity contribution in [2.24, 2.45) is 0 Å². The molecule has 25 heavy (non-hydrogen) atoms. The highest BCUT2D eigenvalue weighted by molar-refractivity contribution is 7.92. The number of carbonyl (C=O) groups excluding carboxylic acids is 3. The Kier molecular flexibility index (Phi) is 4.01. The number of hydrogen-bond donors (Lipinski definition) is 3. The molecule has 2 aromatic carbocycles. The lowest BCUT2D eigenvalue weighted by molar-refractivity contribution is -0.114. The topological polar surface area (TPSA) is 121 Å². The lowest BCUT2D eigenvalue weighted by Crippen LogP contribution is -2.19. The van der Waals surface area contributed by atoms with Gasteiger partial charge in [0.1, 0.15) is 0 Å². The largest absolute Gasteiger partial charge is 0.326 e. The first-order chi connectivity index (χ1) is 11.8. The van der Waals surface area contributed by atoms with Gasteiger partial charge in [0.25, 0.3) is 21.8 Å². The number of nitrogens with one attached hydrogen (secondary N) is 3. The molecule has 1 aliphatic heterocycles. The smallest absolute Gasteiger partial charge is 0.261 e. The zero-order chi connectivity index (χ0) is 18.2. The molecule has 0 spiro atoms. The summed E-state index contributed by atoms with van der Waals surface area (Å²) in [4.78, 5) is 34.1. The van der Waals surface area contributed by atoms with Crippen molar-refractivity contribution in [1.29, 1.82) is 0 Å². The summed E-state index contributed by atoms with van der Waals surface area (Å²) in [5.74, 6) is -1.34. The summed E-state index contributed by atoms with van der Waals surface area (Å²) in [5, 5.41) is 4.68. The van der Waals surface area contributed by atoms with Crippen LogP contribution in [0.25, 0.3) is 0 Å². The number of sulfonamides is 1. The fourth-order valence-corrected chi connectivity index (χ4v) is 3.42. The van der Waals surface area contributed by atoms with Crippen LogP contribution in [0.5, 0.6) is 0 Å². The monoisotopic (exact) mass is 359 g/mol. The van der Waals surface area contributed by atoms with Crippen LogP contribution in [0.15, 0.2) is 47.4 Å². The molecule has 0 saturated carbocycles. The molecule has 128 valence electrons. The van der Waals surface area contributed by atoms with Crippen LogP contribution in [0.2, 0.25) is 0 Å². The molecule has 9 heteroatoms. The van der Waals surface area contributed by atoms with Crippen molar-refractivity contribution in [3.05, 3.63) is 53.6 Å². The minimum atomic E-state index is -3.89. The summed E-state index contributed by atoms with van der Waals surface area (Å²) in [5.41, 5.74) is 0.951.